The lowest BCUT2D eigenvalue weighted by atomic mass is 9.81. The summed E-state index contributed by atoms with van der Waals surface area (Å²) in [5.41, 5.74) is 4.81. The van der Waals surface area contributed by atoms with Crippen LogP contribution in [0.1, 0.15) is 43.0 Å². The van der Waals surface area contributed by atoms with Crippen LogP contribution in [-0.2, 0) is 11.8 Å². The van der Waals surface area contributed by atoms with Gasteiger partial charge in [0.1, 0.15) is 5.75 Å². The molecule has 0 saturated heterocycles. The molecule has 0 bridgehead atoms. The molecule has 1 nitrogen and oxygen atoms in total. The molecule has 0 atom stereocenters. The highest BCUT2D eigenvalue weighted by atomic mass is 16.3. The van der Waals surface area contributed by atoms with E-state index in [-0.39, 0.29) is 5.41 Å². The molecule has 0 aliphatic rings. The Kier molecular flexibility index (Phi) is 3.66. The molecule has 100 valence electrons. The molecule has 0 fully saturated rings. The zero-order valence-corrected chi connectivity index (χ0v) is 12.2. The van der Waals surface area contributed by atoms with Gasteiger partial charge in [0.05, 0.1) is 0 Å². The lowest BCUT2D eigenvalue weighted by Crippen LogP contribution is -2.14. The number of aryl methyl sites for hydroxylation is 1. The summed E-state index contributed by atoms with van der Waals surface area (Å²) in [5.74, 6) is 0.390. The number of rotatable bonds is 2. The highest BCUT2D eigenvalue weighted by molar-refractivity contribution is 5.46. The van der Waals surface area contributed by atoms with E-state index < -0.39 is 0 Å². The minimum Gasteiger partial charge on any atom is -0.508 e. The predicted molar refractivity (Wildman–Crippen MR) is 80.8 cm³/mol. The SMILES string of the molecule is Cc1cc(Cc2ccccc2)c(C(C)(C)C)cc1O. The molecule has 2 rings (SSSR count). The van der Waals surface area contributed by atoms with Crippen molar-refractivity contribution in [2.75, 3.05) is 0 Å². The van der Waals surface area contributed by atoms with Crippen molar-refractivity contribution in [2.45, 2.75) is 39.5 Å². The van der Waals surface area contributed by atoms with E-state index in [9.17, 15) is 5.11 Å². The zero-order chi connectivity index (χ0) is 14.0. The molecule has 0 spiro atoms. The van der Waals surface area contributed by atoms with Gasteiger partial charge < -0.3 is 5.11 Å². The Morgan fingerprint density at radius 1 is 1.00 bits per heavy atom. The van der Waals surface area contributed by atoms with E-state index in [1.807, 2.05) is 19.1 Å². The summed E-state index contributed by atoms with van der Waals surface area (Å²) in [4.78, 5) is 0. The molecule has 0 unspecified atom stereocenters. The van der Waals surface area contributed by atoms with E-state index in [2.05, 4.69) is 51.1 Å². The molecule has 1 N–H and O–H groups in total. The van der Waals surface area contributed by atoms with Gasteiger partial charge in [0, 0.05) is 0 Å². The largest absolute Gasteiger partial charge is 0.508 e. The highest BCUT2D eigenvalue weighted by Crippen LogP contribution is 2.32. The van der Waals surface area contributed by atoms with Crippen LogP contribution in [-0.4, -0.2) is 5.11 Å². The molecule has 0 aliphatic carbocycles. The average Bonchev–Trinajstić information content (AvgIpc) is 2.33. The van der Waals surface area contributed by atoms with E-state index >= 15 is 0 Å². The molecular formula is C18H22O. The molecule has 1 heteroatoms. The van der Waals surface area contributed by atoms with E-state index in [4.69, 9.17) is 0 Å². The van der Waals surface area contributed by atoms with Crippen molar-refractivity contribution in [2.24, 2.45) is 0 Å². The monoisotopic (exact) mass is 254 g/mol. The number of phenols is 1. The Hall–Kier alpha value is -1.76. The Morgan fingerprint density at radius 2 is 1.63 bits per heavy atom. The Bertz CT molecular complexity index is 562. The van der Waals surface area contributed by atoms with Crippen molar-refractivity contribution in [3.05, 3.63) is 64.7 Å². The summed E-state index contributed by atoms with van der Waals surface area (Å²) < 4.78 is 0. The lowest BCUT2D eigenvalue weighted by molar-refractivity contribution is 0.466. The van der Waals surface area contributed by atoms with Crippen LogP contribution < -0.4 is 0 Å². The van der Waals surface area contributed by atoms with Gasteiger partial charge in [0.15, 0.2) is 0 Å². The Morgan fingerprint density at radius 3 is 2.21 bits per heavy atom. The average molecular weight is 254 g/mol. The van der Waals surface area contributed by atoms with E-state index in [0.29, 0.717) is 5.75 Å². The molecule has 0 saturated carbocycles. The topological polar surface area (TPSA) is 20.2 Å². The number of aromatic hydroxyl groups is 1. The standard InChI is InChI=1S/C18H22O/c1-13-10-15(11-14-8-6-5-7-9-14)16(12-17(13)19)18(2,3)4/h5-10,12,19H,11H2,1-4H3. The van der Waals surface area contributed by atoms with Crippen molar-refractivity contribution in [1.29, 1.82) is 0 Å². The molecule has 0 aromatic heterocycles. The van der Waals surface area contributed by atoms with Gasteiger partial charge in [0.25, 0.3) is 0 Å². The molecule has 0 heterocycles. The molecule has 0 aliphatic heterocycles. The van der Waals surface area contributed by atoms with E-state index in [1.54, 1.807) is 0 Å². The number of hydrogen-bond acceptors (Lipinski definition) is 1. The summed E-state index contributed by atoms with van der Waals surface area (Å²) >= 11 is 0. The van der Waals surface area contributed by atoms with Crippen LogP contribution in [0.3, 0.4) is 0 Å². The van der Waals surface area contributed by atoms with Gasteiger partial charge in [-0.1, -0.05) is 57.2 Å². The maximum atomic E-state index is 9.95. The molecule has 0 amide bonds. The van der Waals surface area contributed by atoms with E-state index in [1.165, 1.54) is 16.7 Å². The summed E-state index contributed by atoms with van der Waals surface area (Å²) in [7, 11) is 0. The maximum Gasteiger partial charge on any atom is 0.118 e. The van der Waals surface area contributed by atoms with Crippen molar-refractivity contribution >= 4 is 0 Å². The minimum absolute atomic E-state index is 0.0370. The minimum atomic E-state index is 0.0370. The summed E-state index contributed by atoms with van der Waals surface area (Å²) in [6, 6.07) is 14.5. The van der Waals surface area contributed by atoms with Crippen molar-refractivity contribution in [3.63, 3.8) is 0 Å². The fraction of sp³-hybridized carbons (Fsp3) is 0.333. The second kappa shape index (κ2) is 5.08. The van der Waals surface area contributed by atoms with Crippen LogP contribution in [0.5, 0.6) is 5.75 Å². The lowest BCUT2D eigenvalue weighted by Gasteiger charge is -2.24. The summed E-state index contributed by atoms with van der Waals surface area (Å²) in [5, 5.41) is 9.95. The van der Waals surface area contributed by atoms with Gasteiger partial charge in [0.2, 0.25) is 0 Å². The van der Waals surface area contributed by atoms with Crippen LogP contribution in [0.25, 0.3) is 0 Å². The van der Waals surface area contributed by atoms with Crippen molar-refractivity contribution in [3.8, 4) is 5.75 Å². The normalized spacial score (nSPS) is 11.6. The van der Waals surface area contributed by atoms with Gasteiger partial charge >= 0.3 is 0 Å². The van der Waals surface area contributed by atoms with Crippen molar-refractivity contribution < 1.29 is 5.11 Å². The molecule has 2 aromatic carbocycles. The van der Waals surface area contributed by atoms with Gasteiger partial charge in [-0.25, -0.2) is 0 Å². The third-order valence-electron chi connectivity index (χ3n) is 3.47. The van der Waals surface area contributed by atoms with Crippen LogP contribution in [0, 0.1) is 6.92 Å². The fourth-order valence-corrected chi connectivity index (χ4v) is 2.42. The van der Waals surface area contributed by atoms with Gasteiger partial charge in [-0.2, -0.15) is 0 Å². The van der Waals surface area contributed by atoms with Gasteiger partial charge in [-0.15, -0.1) is 0 Å². The zero-order valence-electron chi connectivity index (χ0n) is 12.2. The van der Waals surface area contributed by atoms with Crippen molar-refractivity contribution in [1.82, 2.24) is 0 Å². The third kappa shape index (κ3) is 3.17. The Balaban J connectivity index is 2.47. The highest BCUT2D eigenvalue weighted by Gasteiger charge is 2.19. The van der Waals surface area contributed by atoms with Crippen LogP contribution in [0.2, 0.25) is 0 Å². The summed E-state index contributed by atoms with van der Waals surface area (Å²) in [6.45, 7) is 8.51. The number of phenolic OH excluding ortho intramolecular Hbond substituents is 1. The smallest absolute Gasteiger partial charge is 0.118 e. The van der Waals surface area contributed by atoms with Crippen LogP contribution >= 0.6 is 0 Å². The molecule has 19 heavy (non-hydrogen) atoms. The molecule has 2 aromatic rings. The summed E-state index contributed by atoms with van der Waals surface area (Å²) in [6.07, 6.45) is 0.911. The number of benzene rings is 2. The first kappa shape index (κ1) is 13.7. The van der Waals surface area contributed by atoms with Crippen LogP contribution in [0.15, 0.2) is 42.5 Å². The number of hydrogen-bond donors (Lipinski definition) is 1. The Labute approximate surface area is 115 Å². The third-order valence-corrected chi connectivity index (χ3v) is 3.47. The molecular weight excluding hydrogens is 232 g/mol. The first-order chi connectivity index (χ1) is 8.88. The van der Waals surface area contributed by atoms with Gasteiger partial charge in [-0.3, -0.25) is 0 Å². The predicted octanol–water partition coefficient (Wildman–Crippen LogP) is 4.59. The maximum absolute atomic E-state index is 9.95. The second-order valence-electron chi connectivity index (χ2n) is 6.21. The van der Waals surface area contributed by atoms with Gasteiger partial charge in [-0.05, 0) is 47.1 Å². The molecule has 0 radical (unpaired) electrons. The van der Waals surface area contributed by atoms with E-state index in [0.717, 1.165) is 12.0 Å². The first-order valence-electron chi connectivity index (χ1n) is 6.75. The quantitative estimate of drug-likeness (QED) is 0.831. The second-order valence-corrected chi connectivity index (χ2v) is 6.21. The first-order valence-corrected chi connectivity index (χ1v) is 6.75. The van der Waals surface area contributed by atoms with Crippen LogP contribution in [0.4, 0.5) is 0 Å². The fourth-order valence-electron chi connectivity index (χ4n) is 2.42.